The van der Waals surface area contributed by atoms with Crippen LogP contribution >= 0.6 is 0 Å². The smallest absolute Gasteiger partial charge is 0.336 e. The fourth-order valence-electron chi connectivity index (χ4n) is 2.03. The number of phenolic OH excluding ortho intramolecular Hbond substituents is 1. The SMILES string of the molecule is O=C(O)c1cccc([N+](=O)[O-])c1C(=O)Nc1cc([N+](=O)[O-])ccc1O. The molecule has 11 heteroatoms. The molecule has 3 N–H and O–H groups in total. The molecule has 0 fully saturated rings. The van der Waals surface area contributed by atoms with Gasteiger partial charge >= 0.3 is 5.97 Å². The molecule has 0 heterocycles. The van der Waals surface area contributed by atoms with Crippen molar-refractivity contribution in [3.8, 4) is 5.75 Å². The van der Waals surface area contributed by atoms with Gasteiger partial charge in [0.15, 0.2) is 0 Å². The van der Waals surface area contributed by atoms with Gasteiger partial charge in [-0.05, 0) is 12.1 Å². The fraction of sp³-hybridized carbons (Fsp3) is 0. The maximum absolute atomic E-state index is 12.3. The van der Waals surface area contributed by atoms with Gasteiger partial charge in [0.05, 0.1) is 21.1 Å². The zero-order chi connectivity index (χ0) is 18.7. The van der Waals surface area contributed by atoms with Crippen LogP contribution in [-0.2, 0) is 0 Å². The minimum Gasteiger partial charge on any atom is -0.506 e. The number of carboxylic acids is 1. The molecule has 2 aromatic carbocycles. The lowest BCUT2D eigenvalue weighted by Gasteiger charge is -2.09. The van der Waals surface area contributed by atoms with Gasteiger partial charge in [-0.1, -0.05) is 6.07 Å². The standard InChI is InChI=1S/C14H9N3O8/c18-11-5-4-7(16(22)23)6-9(11)15-13(19)12-8(14(20)21)2-1-3-10(12)17(24)25/h1-6,18H,(H,15,19)(H,20,21). The molecule has 0 aromatic heterocycles. The number of nitrogens with one attached hydrogen (secondary N) is 1. The lowest BCUT2D eigenvalue weighted by atomic mass is 10.0. The van der Waals surface area contributed by atoms with Crippen molar-refractivity contribution in [2.24, 2.45) is 0 Å². The lowest BCUT2D eigenvalue weighted by molar-refractivity contribution is -0.385. The second-order valence-corrected chi connectivity index (χ2v) is 4.67. The Morgan fingerprint density at radius 1 is 1.04 bits per heavy atom. The van der Waals surface area contributed by atoms with E-state index in [-0.39, 0.29) is 0 Å². The van der Waals surface area contributed by atoms with Gasteiger partial charge < -0.3 is 15.5 Å². The number of anilines is 1. The molecular formula is C14H9N3O8. The summed E-state index contributed by atoms with van der Waals surface area (Å²) in [5.41, 5.74) is -2.98. The van der Waals surface area contributed by atoms with Gasteiger partial charge in [0.1, 0.15) is 11.3 Å². The first-order valence-electron chi connectivity index (χ1n) is 6.52. The maximum Gasteiger partial charge on any atom is 0.336 e. The molecule has 0 aliphatic carbocycles. The Hall–Kier alpha value is -4.02. The molecule has 0 unspecified atom stereocenters. The van der Waals surface area contributed by atoms with Crippen molar-refractivity contribution in [3.05, 3.63) is 67.8 Å². The second-order valence-electron chi connectivity index (χ2n) is 4.67. The minimum atomic E-state index is -1.57. The van der Waals surface area contributed by atoms with Crippen molar-refractivity contribution in [2.45, 2.75) is 0 Å². The van der Waals surface area contributed by atoms with Crippen molar-refractivity contribution in [2.75, 3.05) is 5.32 Å². The molecule has 0 saturated heterocycles. The molecule has 0 atom stereocenters. The second kappa shape index (κ2) is 6.62. The summed E-state index contributed by atoms with van der Waals surface area (Å²) in [5.74, 6) is -3.31. The number of aromatic carboxylic acids is 1. The number of non-ortho nitro benzene ring substituents is 1. The number of amides is 1. The molecule has 2 aromatic rings. The third-order valence-corrected chi connectivity index (χ3v) is 3.14. The topological polar surface area (TPSA) is 173 Å². The molecule has 1 amide bonds. The average molecular weight is 347 g/mol. The highest BCUT2D eigenvalue weighted by atomic mass is 16.6. The van der Waals surface area contributed by atoms with Crippen molar-refractivity contribution in [1.29, 1.82) is 0 Å². The normalized spacial score (nSPS) is 10.1. The molecule has 0 saturated carbocycles. The molecular weight excluding hydrogens is 338 g/mol. The van der Waals surface area contributed by atoms with Crippen LogP contribution in [-0.4, -0.2) is 31.9 Å². The van der Waals surface area contributed by atoms with Crippen LogP contribution in [0.1, 0.15) is 20.7 Å². The summed E-state index contributed by atoms with van der Waals surface area (Å²) in [6, 6.07) is 5.81. The number of nitro benzene ring substituents is 2. The van der Waals surface area contributed by atoms with Crippen molar-refractivity contribution >= 4 is 28.9 Å². The van der Waals surface area contributed by atoms with Crippen molar-refractivity contribution in [1.82, 2.24) is 0 Å². The number of carboxylic acid groups (broad SMARTS) is 1. The predicted molar refractivity (Wildman–Crippen MR) is 82.8 cm³/mol. The Balaban J connectivity index is 2.52. The molecule has 0 spiro atoms. The first-order chi connectivity index (χ1) is 11.7. The molecule has 0 aliphatic heterocycles. The Morgan fingerprint density at radius 3 is 2.28 bits per heavy atom. The van der Waals surface area contributed by atoms with E-state index in [4.69, 9.17) is 5.11 Å². The van der Waals surface area contributed by atoms with E-state index in [1.807, 2.05) is 0 Å². The highest BCUT2D eigenvalue weighted by Gasteiger charge is 2.28. The van der Waals surface area contributed by atoms with E-state index in [1.165, 1.54) is 0 Å². The van der Waals surface area contributed by atoms with Gasteiger partial charge in [-0.15, -0.1) is 0 Å². The van der Waals surface area contributed by atoms with Gasteiger partial charge in [-0.25, -0.2) is 4.79 Å². The fourth-order valence-corrected chi connectivity index (χ4v) is 2.03. The average Bonchev–Trinajstić information content (AvgIpc) is 2.55. The summed E-state index contributed by atoms with van der Waals surface area (Å²) in [4.78, 5) is 43.7. The zero-order valence-corrected chi connectivity index (χ0v) is 12.2. The molecule has 25 heavy (non-hydrogen) atoms. The number of hydrogen-bond donors (Lipinski definition) is 3. The van der Waals surface area contributed by atoms with Gasteiger partial charge in [-0.3, -0.25) is 25.0 Å². The summed E-state index contributed by atoms with van der Waals surface area (Å²) in [6.07, 6.45) is 0. The summed E-state index contributed by atoms with van der Waals surface area (Å²) in [6.45, 7) is 0. The van der Waals surface area contributed by atoms with E-state index in [2.05, 4.69) is 5.32 Å². The van der Waals surface area contributed by atoms with Crippen molar-refractivity contribution < 1.29 is 29.6 Å². The zero-order valence-electron chi connectivity index (χ0n) is 12.2. The molecule has 0 aliphatic rings. The van der Waals surface area contributed by atoms with Crippen LogP contribution in [0.25, 0.3) is 0 Å². The van der Waals surface area contributed by atoms with E-state index < -0.39 is 55.7 Å². The van der Waals surface area contributed by atoms with Crippen LogP contribution in [0.4, 0.5) is 17.1 Å². The van der Waals surface area contributed by atoms with Crippen LogP contribution in [0.15, 0.2) is 36.4 Å². The maximum atomic E-state index is 12.3. The number of rotatable bonds is 5. The van der Waals surface area contributed by atoms with Gasteiger partial charge in [0.25, 0.3) is 17.3 Å². The molecule has 128 valence electrons. The van der Waals surface area contributed by atoms with E-state index in [0.717, 1.165) is 36.4 Å². The number of hydrogen-bond acceptors (Lipinski definition) is 7. The van der Waals surface area contributed by atoms with Crippen LogP contribution in [0.2, 0.25) is 0 Å². The summed E-state index contributed by atoms with van der Waals surface area (Å²) in [7, 11) is 0. The van der Waals surface area contributed by atoms with Crippen LogP contribution in [0, 0.1) is 20.2 Å². The Kier molecular flexibility index (Phi) is 4.59. The summed E-state index contributed by atoms with van der Waals surface area (Å²) in [5, 5.41) is 42.7. The van der Waals surface area contributed by atoms with Crippen LogP contribution < -0.4 is 5.32 Å². The predicted octanol–water partition coefficient (Wildman–Crippen LogP) is 2.16. The van der Waals surface area contributed by atoms with E-state index in [9.17, 15) is 34.9 Å². The number of benzene rings is 2. The molecule has 0 radical (unpaired) electrons. The largest absolute Gasteiger partial charge is 0.506 e. The Morgan fingerprint density at radius 2 is 1.72 bits per heavy atom. The van der Waals surface area contributed by atoms with E-state index >= 15 is 0 Å². The van der Waals surface area contributed by atoms with Crippen LogP contribution in [0.3, 0.4) is 0 Å². The van der Waals surface area contributed by atoms with Gasteiger partial charge in [0, 0.05) is 18.2 Å². The number of carbonyl (C=O) groups is 2. The number of carbonyl (C=O) groups excluding carboxylic acids is 1. The third kappa shape index (κ3) is 3.50. The minimum absolute atomic E-state index is 0.395. The lowest BCUT2D eigenvalue weighted by Crippen LogP contribution is -2.18. The number of nitro groups is 2. The van der Waals surface area contributed by atoms with Crippen molar-refractivity contribution in [3.63, 3.8) is 0 Å². The Labute approximate surface area is 138 Å². The monoisotopic (exact) mass is 347 g/mol. The highest BCUT2D eigenvalue weighted by molar-refractivity contribution is 6.13. The number of nitrogens with zero attached hydrogens (tertiary/aromatic N) is 2. The summed E-state index contributed by atoms with van der Waals surface area (Å²) < 4.78 is 0. The first kappa shape index (κ1) is 17.3. The number of phenols is 1. The van der Waals surface area contributed by atoms with Gasteiger partial charge in [0.2, 0.25) is 0 Å². The highest BCUT2D eigenvalue weighted by Crippen LogP contribution is 2.30. The van der Waals surface area contributed by atoms with E-state index in [1.54, 1.807) is 0 Å². The molecule has 11 nitrogen and oxygen atoms in total. The third-order valence-electron chi connectivity index (χ3n) is 3.14. The molecule has 0 bridgehead atoms. The van der Waals surface area contributed by atoms with Crippen LogP contribution in [0.5, 0.6) is 5.75 Å². The molecule has 2 rings (SSSR count). The Bertz CT molecular complexity index is 877. The quantitative estimate of drug-likeness (QED) is 0.419. The van der Waals surface area contributed by atoms with Gasteiger partial charge in [-0.2, -0.15) is 0 Å². The van der Waals surface area contributed by atoms with E-state index in [0.29, 0.717) is 0 Å². The number of aromatic hydroxyl groups is 1. The summed E-state index contributed by atoms with van der Waals surface area (Å²) >= 11 is 0. The first-order valence-corrected chi connectivity index (χ1v) is 6.52.